The van der Waals surface area contributed by atoms with Crippen LogP contribution in [0.5, 0.6) is 0 Å². The summed E-state index contributed by atoms with van der Waals surface area (Å²) < 4.78 is 26.8. The Morgan fingerprint density at radius 2 is 1.47 bits per heavy atom. The van der Waals surface area contributed by atoms with Crippen LogP contribution in [-0.2, 0) is 10.0 Å². The Morgan fingerprint density at radius 1 is 1.00 bits per heavy atom. The van der Waals surface area contributed by atoms with Gasteiger partial charge in [0.1, 0.15) is 0 Å². The fourth-order valence-electron chi connectivity index (χ4n) is 3.09. The summed E-state index contributed by atoms with van der Waals surface area (Å²) in [6, 6.07) is 7.69. The average molecular weight is 251 g/mol. The Kier molecular flexibility index (Phi) is 2.52. The van der Waals surface area contributed by atoms with Crippen LogP contribution in [0.2, 0.25) is 0 Å². The first kappa shape index (κ1) is 11.2. The maximum absolute atomic E-state index is 12.5. The van der Waals surface area contributed by atoms with Gasteiger partial charge in [0.15, 0.2) is 0 Å². The summed E-state index contributed by atoms with van der Waals surface area (Å²) in [5.41, 5.74) is 1.09. The molecular formula is C13H17NO2S. The van der Waals surface area contributed by atoms with E-state index in [9.17, 15) is 8.42 Å². The molecule has 2 saturated heterocycles. The van der Waals surface area contributed by atoms with Crippen molar-refractivity contribution in [1.82, 2.24) is 4.31 Å². The molecule has 2 aliphatic heterocycles. The molecule has 0 saturated carbocycles. The number of sulfonamides is 1. The van der Waals surface area contributed by atoms with E-state index in [1.54, 1.807) is 16.4 Å². The first-order chi connectivity index (χ1) is 8.09. The summed E-state index contributed by atoms with van der Waals surface area (Å²) in [4.78, 5) is 0.446. The molecule has 0 spiro atoms. The molecule has 0 unspecified atom stereocenters. The predicted molar refractivity (Wildman–Crippen MR) is 66.2 cm³/mol. The first-order valence-electron chi connectivity index (χ1n) is 6.19. The van der Waals surface area contributed by atoms with Crippen LogP contribution < -0.4 is 0 Å². The highest BCUT2D eigenvalue weighted by Gasteiger charge is 2.46. The fraction of sp³-hybridized carbons (Fsp3) is 0.538. The molecule has 3 rings (SSSR count). The topological polar surface area (TPSA) is 37.4 Å². The molecule has 3 nitrogen and oxygen atoms in total. The van der Waals surface area contributed by atoms with Crippen LogP contribution in [-0.4, -0.2) is 24.8 Å². The van der Waals surface area contributed by atoms with Crippen LogP contribution in [0.3, 0.4) is 0 Å². The molecule has 1 aromatic rings. The summed E-state index contributed by atoms with van der Waals surface area (Å²) in [6.45, 7) is 1.97. The van der Waals surface area contributed by atoms with E-state index in [-0.39, 0.29) is 12.1 Å². The minimum absolute atomic E-state index is 0.256. The molecule has 92 valence electrons. The van der Waals surface area contributed by atoms with Crippen LogP contribution >= 0.6 is 0 Å². The number of fused-ring (bicyclic) bond motifs is 2. The van der Waals surface area contributed by atoms with Gasteiger partial charge in [-0.05, 0) is 44.7 Å². The first-order valence-corrected chi connectivity index (χ1v) is 7.63. The van der Waals surface area contributed by atoms with Gasteiger partial charge in [0, 0.05) is 12.1 Å². The Bertz CT molecular complexity index is 501. The lowest BCUT2D eigenvalue weighted by molar-refractivity contribution is 0.396. The number of hydrogen-bond acceptors (Lipinski definition) is 2. The molecule has 0 aliphatic carbocycles. The van der Waals surface area contributed by atoms with E-state index < -0.39 is 10.0 Å². The van der Waals surface area contributed by atoms with Crippen LogP contribution in [0.1, 0.15) is 31.2 Å². The van der Waals surface area contributed by atoms with Gasteiger partial charge in [-0.15, -0.1) is 0 Å². The summed E-state index contributed by atoms with van der Waals surface area (Å²) in [5, 5.41) is 0. The van der Waals surface area contributed by atoms with Gasteiger partial charge >= 0.3 is 0 Å². The predicted octanol–water partition coefficient (Wildman–Crippen LogP) is 2.31. The van der Waals surface area contributed by atoms with Gasteiger partial charge in [-0.1, -0.05) is 17.7 Å². The highest BCUT2D eigenvalue weighted by molar-refractivity contribution is 7.89. The Balaban J connectivity index is 1.99. The van der Waals surface area contributed by atoms with E-state index in [1.165, 1.54) is 0 Å². The standard InChI is InChI=1S/C13H17NO2S/c1-10-2-8-13(9-3-10)17(15,16)14-11-4-5-12(14)7-6-11/h2-3,8-9,11-12H,4-7H2,1H3. The van der Waals surface area contributed by atoms with Crippen LogP contribution in [0.25, 0.3) is 0 Å². The lowest BCUT2D eigenvalue weighted by Gasteiger charge is -2.21. The molecule has 0 amide bonds. The van der Waals surface area contributed by atoms with Crippen molar-refractivity contribution in [2.24, 2.45) is 0 Å². The average Bonchev–Trinajstić information content (AvgIpc) is 2.89. The summed E-state index contributed by atoms with van der Waals surface area (Å²) in [7, 11) is -3.26. The highest BCUT2D eigenvalue weighted by atomic mass is 32.2. The second kappa shape index (κ2) is 3.82. The number of rotatable bonds is 2. The number of hydrogen-bond donors (Lipinski definition) is 0. The Labute approximate surface area is 102 Å². The quantitative estimate of drug-likeness (QED) is 0.809. The molecule has 2 heterocycles. The van der Waals surface area contributed by atoms with Gasteiger partial charge in [0.05, 0.1) is 4.90 Å². The zero-order chi connectivity index (χ0) is 12.0. The van der Waals surface area contributed by atoms with Crippen molar-refractivity contribution in [3.8, 4) is 0 Å². The van der Waals surface area contributed by atoms with Crippen molar-refractivity contribution in [1.29, 1.82) is 0 Å². The number of aryl methyl sites for hydroxylation is 1. The molecule has 4 heteroatoms. The molecule has 17 heavy (non-hydrogen) atoms. The van der Waals surface area contributed by atoms with Crippen molar-refractivity contribution in [2.45, 2.75) is 49.6 Å². The third-order valence-electron chi connectivity index (χ3n) is 3.98. The summed E-state index contributed by atoms with van der Waals surface area (Å²) in [6.07, 6.45) is 4.15. The SMILES string of the molecule is Cc1ccc(S(=O)(=O)N2C3CCC2CC3)cc1. The number of nitrogens with zero attached hydrogens (tertiary/aromatic N) is 1. The van der Waals surface area contributed by atoms with Crippen molar-refractivity contribution < 1.29 is 8.42 Å². The van der Waals surface area contributed by atoms with Crippen LogP contribution in [0.4, 0.5) is 0 Å². The second-order valence-corrected chi connectivity index (χ2v) is 6.95. The lowest BCUT2D eigenvalue weighted by atomic mass is 10.0. The Morgan fingerprint density at radius 3 is 1.94 bits per heavy atom. The van der Waals surface area contributed by atoms with E-state index in [1.807, 2.05) is 19.1 Å². The van der Waals surface area contributed by atoms with Gasteiger partial charge < -0.3 is 0 Å². The Hall–Kier alpha value is -0.870. The van der Waals surface area contributed by atoms with Gasteiger partial charge in [0.25, 0.3) is 0 Å². The monoisotopic (exact) mass is 251 g/mol. The van der Waals surface area contributed by atoms with E-state index in [4.69, 9.17) is 0 Å². The molecule has 0 N–H and O–H groups in total. The smallest absolute Gasteiger partial charge is 0.207 e. The molecule has 2 aliphatic rings. The molecule has 2 fully saturated rings. The molecule has 0 radical (unpaired) electrons. The van der Waals surface area contributed by atoms with E-state index in [2.05, 4.69) is 0 Å². The second-order valence-electron chi connectivity index (χ2n) is 5.11. The van der Waals surface area contributed by atoms with Gasteiger partial charge in [-0.3, -0.25) is 0 Å². The molecule has 2 bridgehead atoms. The van der Waals surface area contributed by atoms with Crippen molar-refractivity contribution >= 4 is 10.0 Å². The van der Waals surface area contributed by atoms with E-state index in [0.717, 1.165) is 31.2 Å². The normalized spacial score (nSPS) is 28.8. The highest BCUT2D eigenvalue weighted by Crippen LogP contribution is 2.41. The lowest BCUT2D eigenvalue weighted by Crippen LogP contribution is -2.35. The van der Waals surface area contributed by atoms with Crippen molar-refractivity contribution in [3.05, 3.63) is 29.8 Å². The van der Waals surface area contributed by atoms with Gasteiger partial charge in [-0.2, -0.15) is 4.31 Å². The third kappa shape index (κ3) is 1.70. The maximum Gasteiger partial charge on any atom is 0.243 e. The van der Waals surface area contributed by atoms with Gasteiger partial charge in [-0.25, -0.2) is 8.42 Å². The van der Waals surface area contributed by atoms with E-state index >= 15 is 0 Å². The molecule has 0 atom stereocenters. The van der Waals surface area contributed by atoms with Crippen molar-refractivity contribution in [3.63, 3.8) is 0 Å². The molecule has 0 aromatic heterocycles. The minimum Gasteiger partial charge on any atom is -0.207 e. The largest absolute Gasteiger partial charge is 0.243 e. The third-order valence-corrected chi connectivity index (χ3v) is 6.00. The van der Waals surface area contributed by atoms with E-state index in [0.29, 0.717) is 4.90 Å². The minimum atomic E-state index is -3.26. The molecule has 1 aromatic carbocycles. The van der Waals surface area contributed by atoms with Crippen LogP contribution in [0, 0.1) is 6.92 Å². The molecular weight excluding hydrogens is 234 g/mol. The van der Waals surface area contributed by atoms with Gasteiger partial charge in [0.2, 0.25) is 10.0 Å². The zero-order valence-electron chi connectivity index (χ0n) is 9.96. The summed E-state index contributed by atoms with van der Waals surface area (Å²) in [5.74, 6) is 0. The summed E-state index contributed by atoms with van der Waals surface area (Å²) >= 11 is 0. The fourth-order valence-corrected chi connectivity index (χ4v) is 5.02. The number of benzene rings is 1. The maximum atomic E-state index is 12.5. The zero-order valence-corrected chi connectivity index (χ0v) is 10.8. The van der Waals surface area contributed by atoms with Crippen LogP contribution in [0.15, 0.2) is 29.2 Å². The van der Waals surface area contributed by atoms with Crippen molar-refractivity contribution in [2.75, 3.05) is 0 Å².